The van der Waals surface area contributed by atoms with Crippen molar-refractivity contribution in [2.24, 2.45) is 0 Å². The van der Waals surface area contributed by atoms with Gasteiger partial charge in [-0.15, -0.1) is 16.4 Å². The van der Waals surface area contributed by atoms with E-state index in [0.29, 0.717) is 17.2 Å². The van der Waals surface area contributed by atoms with Gasteiger partial charge in [-0.05, 0) is 25.1 Å². The first-order valence-corrected chi connectivity index (χ1v) is 8.60. The number of aryl methyl sites for hydroxylation is 1. The van der Waals surface area contributed by atoms with E-state index in [0.717, 1.165) is 16.3 Å². The van der Waals surface area contributed by atoms with E-state index in [9.17, 15) is 4.39 Å². The molecule has 3 heterocycles. The largest absolute Gasteiger partial charge is 0.261 e. The first-order chi connectivity index (χ1) is 12.2. The van der Waals surface area contributed by atoms with Gasteiger partial charge in [-0.25, -0.2) is 19.0 Å². The summed E-state index contributed by atoms with van der Waals surface area (Å²) in [5, 5.41) is 7.15. The van der Waals surface area contributed by atoms with Crippen molar-refractivity contribution in [1.82, 2.24) is 24.7 Å². The molecule has 1 aromatic carbocycles. The Balaban J connectivity index is 1.80. The molecule has 0 spiro atoms. The first-order valence-electron chi connectivity index (χ1n) is 7.72. The summed E-state index contributed by atoms with van der Waals surface area (Å²) in [5.74, 6) is 0.907. The van der Waals surface area contributed by atoms with Gasteiger partial charge in [-0.2, -0.15) is 0 Å². The van der Waals surface area contributed by atoms with Crippen molar-refractivity contribution in [1.29, 1.82) is 0 Å². The third kappa shape index (κ3) is 3.18. The Bertz CT molecular complexity index is 993. The van der Waals surface area contributed by atoms with E-state index in [1.54, 1.807) is 29.2 Å². The Labute approximate surface area is 147 Å². The molecule has 0 unspecified atom stereocenters. The molecule has 4 aromatic rings. The molecule has 0 fully saturated rings. The smallest absolute Gasteiger partial charge is 0.210 e. The van der Waals surface area contributed by atoms with Crippen LogP contribution < -0.4 is 0 Å². The van der Waals surface area contributed by atoms with Crippen LogP contribution >= 0.6 is 11.3 Å². The van der Waals surface area contributed by atoms with E-state index in [1.807, 2.05) is 30.5 Å². The summed E-state index contributed by atoms with van der Waals surface area (Å²) in [7, 11) is 0. The lowest BCUT2D eigenvalue weighted by Gasteiger charge is -2.07. The summed E-state index contributed by atoms with van der Waals surface area (Å²) in [5.41, 5.74) is 2.31. The molecule has 0 aliphatic rings. The minimum absolute atomic E-state index is 0.262. The van der Waals surface area contributed by atoms with Crippen LogP contribution in [0, 0.1) is 12.7 Å². The molecule has 0 saturated carbocycles. The highest BCUT2D eigenvalue weighted by molar-refractivity contribution is 7.13. The molecule has 0 atom stereocenters. The molecule has 0 aliphatic heterocycles. The van der Waals surface area contributed by atoms with E-state index < -0.39 is 0 Å². The fourth-order valence-electron chi connectivity index (χ4n) is 2.48. The molecule has 0 amide bonds. The number of hydrogen-bond donors (Lipinski definition) is 0. The topological polar surface area (TPSA) is 56.5 Å². The second-order valence-electron chi connectivity index (χ2n) is 5.53. The molecule has 4 rings (SSSR count). The summed E-state index contributed by atoms with van der Waals surface area (Å²) in [6.45, 7) is 2.21. The average molecular weight is 351 g/mol. The number of rotatable bonds is 4. The van der Waals surface area contributed by atoms with E-state index >= 15 is 0 Å². The zero-order chi connectivity index (χ0) is 17.2. The number of pyridine rings is 1. The van der Waals surface area contributed by atoms with Gasteiger partial charge in [0.1, 0.15) is 5.82 Å². The van der Waals surface area contributed by atoms with Crippen LogP contribution in [0.5, 0.6) is 0 Å². The molecule has 5 nitrogen and oxygen atoms in total. The SMILES string of the molecule is Cc1ccc(-c2nc(-c3nccs3)nn2Cc2ccccc2F)cn1. The lowest BCUT2D eigenvalue weighted by atomic mass is 10.2. The van der Waals surface area contributed by atoms with E-state index in [4.69, 9.17) is 0 Å². The maximum Gasteiger partial charge on any atom is 0.210 e. The maximum absolute atomic E-state index is 14.1. The van der Waals surface area contributed by atoms with Gasteiger partial charge in [-0.1, -0.05) is 18.2 Å². The van der Waals surface area contributed by atoms with Crippen LogP contribution in [0.15, 0.2) is 54.2 Å². The Morgan fingerprint density at radius 1 is 1.12 bits per heavy atom. The number of aromatic nitrogens is 5. The second kappa shape index (κ2) is 6.52. The molecule has 0 aliphatic carbocycles. The van der Waals surface area contributed by atoms with Gasteiger partial charge in [0.15, 0.2) is 10.8 Å². The summed E-state index contributed by atoms with van der Waals surface area (Å²) in [6, 6.07) is 10.5. The molecule has 0 N–H and O–H groups in total. The van der Waals surface area contributed by atoms with Gasteiger partial charge in [0.2, 0.25) is 5.82 Å². The fourth-order valence-corrected chi connectivity index (χ4v) is 3.04. The van der Waals surface area contributed by atoms with Crippen molar-refractivity contribution in [2.45, 2.75) is 13.5 Å². The number of thiazole rings is 1. The van der Waals surface area contributed by atoms with E-state index in [2.05, 4.69) is 20.1 Å². The average Bonchev–Trinajstić information content (AvgIpc) is 3.27. The number of nitrogens with zero attached hydrogens (tertiary/aromatic N) is 5. The van der Waals surface area contributed by atoms with Crippen LogP contribution in [0.2, 0.25) is 0 Å². The van der Waals surface area contributed by atoms with Crippen LogP contribution in [0.3, 0.4) is 0 Å². The summed E-state index contributed by atoms with van der Waals surface area (Å²) >= 11 is 1.47. The van der Waals surface area contributed by atoms with Crippen LogP contribution in [0.4, 0.5) is 4.39 Å². The van der Waals surface area contributed by atoms with Crippen molar-refractivity contribution in [2.75, 3.05) is 0 Å². The Kier molecular flexibility index (Phi) is 4.07. The summed E-state index contributed by atoms with van der Waals surface area (Å²) in [6.07, 6.45) is 3.47. The van der Waals surface area contributed by atoms with Crippen molar-refractivity contribution in [3.63, 3.8) is 0 Å². The van der Waals surface area contributed by atoms with Gasteiger partial charge >= 0.3 is 0 Å². The van der Waals surface area contributed by atoms with Crippen molar-refractivity contribution in [3.8, 4) is 22.2 Å². The first kappa shape index (κ1) is 15.6. The third-order valence-electron chi connectivity index (χ3n) is 3.74. The molecular weight excluding hydrogens is 337 g/mol. The summed E-state index contributed by atoms with van der Waals surface area (Å²) < 4.78 is 15.8. The molecule has 124 valence electrons. The lowest BCUT2D eigenvalue weighted by Crippen LogP contribution is -2.06. The summed E-state index contributed by atoms with van der Waals surface area (Å²) in [4.78, 5) is 13.2. The molecule has 0 saturated heterocycles. The van der Waals surface area contributed by atoms with Gasteiger partial charge in [0.25, 0.3) is 0 Å². The molecule has 7 heteroatoms. The van der Waals surface area contributed by atoms with Crippen LogP contribution in [-0.2, 0) is 6.54 Å². The normalized spacial score (nSPS) is 11.0. The number of hydrogen-bond acceptors (Lipinski definition) is 5. The highest BCUT2D eigenvalue weighted by atomic mass is 32.1. The molecule has 3 aromatic heterocycles. The van der Waals surface area contributed by atoms with Crippen molar-refractivity contribution in [3.05, 3.63) is 71.2 Å². The number of halogens is 1. The zero-order valence-corrected chi connectivity index (χ0v) is 14.2. The van der Waals surface area contributed by atoms with E-state index in [-0.39, 0.29) is 12.4 Å². The van der Waals surface area contributed by atoms with Crippen LogP contribution in [0.1, 0.15) is 11.3 Å². The maximum atomic E-state index is 14.1. The van der Waals surface area contributed by atoms with E-state index in [1.165, 1.54) is 17.4 Å². The molecule has 25 heavy (non-hydrogen) atoms. The second-order valence-corrected chi connectivity index (χ2v) is 6.43. The standard InChI is InChI=1S/C18H14FN5S/c1-12-6-7-13(10-21-12)17-22-16(18-20-8-9-25-18)23-24(17)11-14-4-2-3-5-15(14)19/h2-10H,11H2,1H3. The fraction of sp³-hybridized carbons (Fsp3) is 0.111. The van der Waals surface area contributed by atoms with Gasteiger partial charge in [0, 0.05) is 34.6 Å². The quantitative estimate of drug-likeness (QED) is 0.558. The Morgan fingerprint density at radius 3 is 2.72 bits per heavy atom. The highest BCUT2D eigenvalue weighted by Crippen LogP contribution is 2.24. The Morgan fingerprint density at radius 2 is 2.00 bits per heavy atom. The molecular formula is C18H14FN5S. The van der Waals surface area contributed by atoms with Gasteiger partial charge in [0.05, 0.1) is 6.54 Å². The van der Waals surface area contributed by atoms with Crippen LogP contribution in [0.25, 0.3) is 22.2 Å². The lowest BCUT2D eigenvalue weighted by molar-refractivity contribution is 0.587. The predicted octanol–water partition coefficient (Wildman–Crippen LogP) is 3.96. The molecule has 0 bridgehead atoms. The highest BCUT2D eigenvalue weighted by Gasteiger charge is 2.16. The van der Waals surface area contributed by atoms with Crippen LogP contribution in [-0.4, -0.2) is 24.7 Å². The number of benzene rings is 1. The minimum atomic E-state index is -0.262. The Hall–Kier alpha value is -2.93. The third-order valence-corrected chi connectivity index (χ3v) is 4.51. The predicted molar refractivity (Wildman–Crippen MR) is 94.6 cm³/mol. The van der Waals surface area contributed by atoms with Gasteiger partial charge < -0.3 is 0 Å². The van der Waals surface area contributed by atoms with Gasteiger partial charge in [-0.3, -0.25) is 4.98 Å². The minimum Gasteiger partial charge on any atom is -0.261 e. The zero-order valence-electron chi connectivity index (χ0n) is 13.4. The monoisotopic (exact) mass is 351 g/mol. The molecule has 0 radical (unpaired) electrons. The van der Waals surface area contributed by atoms with Crippen molar-refractivity contribution < 1.29 is 4.39 Å². The van der Waals surface area contributed by atoms with Crippen molar-refractivity contribution >= 4 is 11.3 Å².